The number of nitrogens with zero attached hydrogens (tertiary/aromatic N) is 3. The van der Waals surface area contributed by atoms with Gasteiger partial charge < -0.3 is 8.94 Å². The molecule has 0 amide bonds. The number of rotatable bonds is 6. The highest BCUT2D eigenvalue weighted by Gasteiger charge is 2.14. The maximum absolute atomic E-state index is 5.70. The average Bonchev–Trinajstić information content (AvgIpc) is 3.09. The van der Waals surface area contributed by atoms with E-state index in [0.717, 1.165) is 35.0 Å². The van der Waals surface area contributed by atoms with E-state index in [-0.39, 0.29) is 0 Å². The van der Waals surface area contributed by atoms with Crippen LogP contribution in [-0.4, -0.2) is 15.0 Å². The van der Waals surface area contributed by atoms with Crippen LogP contribution in [0, 0.1) is 13.8 Å². The van der Waals surface area contributed by atoms with E-state index in [9.17, 15) is 0 Å². The smallest absolute Gasteiger partial charge is 0.127 e. The van der Waals surface area contributed by atoms with Gasteiger partial charge in [-0.05, 0) is 38.1 Å². The minimum atomic E-state index is 0.693. The molecule has 3 rings (SSSR count). The van der Waals surface area contributed by atoms with E-state index >= 15 is 0 Å². The summed E-state index contributed by atoms with van der Waals surface area (Å²) in [4.78, 5) is 6.64. The Morgan fingerprint density at radius 3 is 2.59 bits per heavy atom. The van der Waals surface area contributed by atoms with E-state index in [2.05, 4.69) is 15.0 Å². The summed E-state index contributed by atoms with van der Waals surface area (Å²) in [5, 5.41) is 4.08. The van der Waals surface area contributed by atoms with Crippen LogP contribution in [0.15, 0.2) is 51.7 Å². The maximum Gasteiger partial charge on any atom is 0.127 e. The van der Waals surface area contributed by atoms with Gasteiger partial charge in [0.2, 0.25) is 0 Å². The summed E-state index contributed by atoms with van der Waals surface area (Å²) in [6.07, 6.45) is 3.48. The minimum Gasteiger partial charge on any atom is -0.465 e. The summed E-state index contributed by atoms with van der Waals surface area (Å²) in [6, 6.07) is 9.94. The van der Waals surface area contributed by atoms with Crippen LogP contribution >= 0.6 is 0 Å². The Morgan fingerprint density at radius 2 is 1.95 bits per heavy atom. The topological polar surface area (TPSA) is 55.3 Å². The molecule has 22 heavy (non-hydrogen) atoms. The molecule has 5 heteroatoms. The quantitative estimate of drug-likeness (QED) is 0.697. The molecule has 0 spiro atoms. The summed E-state index contributed by atoms with van der Waals surface area (Å²) in [6.45, 7) is 6.08. The van der Waals surface area contributed by atoms with Gasteiger partial charge in [0, 0.05) is 24.8 Å². The van der Waals surface area contributed by atoms with Crippen molar-refractivity contribution in [3.8, 4) is 0 Å². The molecule has 0 atom stereocenters. The number of aromatic nitrogens is 2. The summed E-state index contributed by atoms with van der Waals surface area (Å²) in [5.74, 6) is 1.86. The van der Waals surface area contributed by atoms with Crippen LogP contribution in [0.1, 0.15) is 28.5 Å². The lowest BCUT2D eigenvalue weighted by Gasteiger charge is -2.20. The van der Waals surface area contributed by atoms with Crippen molar-refractivity contribution in [2.45, 2.75) is 33.5 Å². The first-order valence-corrected chi connectivity index (χ1v) is 7.28. The number of hydrogen-bond donors (Lipinski definition) is 0. The molecule has 0 radical (unpaired) electrons. The third-order valence-electron chi connectivity index (χ3n) is 3.51. The largest absolute Gasteiger partial charge is 0.465 e. The first kappa shape index (κ1) is 14.5. The molecule has 3 aromatic heterocycles. The fraction of sp³-hybridized carbons (Fsp3) is 0.294. The Balaban J connectivity index is 1.76. The summed E-state index contributed by atoms with van der Waals surface area (Å²) < 4.78 is 10.7. The predicted octanol–water partition coefficient (Wildman–Crippen LogP) is 3.48. The second kappa shape index (κ2) is 6.58. The highest BCUT2D eigenvalue weighted by Crippen LogP contribution is 2.16. The van der Waals surface area contributed by atoms with Crippen LogP contribution in [-0.2, 0) is 19.6 Å². The maximum atomic E-state index is 5.70. The highest BCUT2D eigenvalue weighted by atomic mass is 16.5. The molecule has 0 aliphatic heterocycles. The van der Waals surface area contributed by atoms with Crippen LogP contribution in [0.25, 0.3) is 0 Å². The van der Waals surface area contributed by atoms with E-state index in [0.29, 0.717) is 13.1 Å². The number of pyridine rings is 1. The van der Waals surface area contributed by atoms with Crippen molar-refractivity contribution in [3.63, 3.8) is 0 Å². The molecule has 0 aliphatic carbocycles. The van der Waals surface area contributed by atoms with Crippen molar-refractivity contribution in [2.24, 2.45) is 0 Å². The Morgan fingerprint density at radius 1 is 1.05 bits per heavy atom. The molecule has 114 valence electrons. The van der Waals surface area contributed by atoms with Crippen LogP contribution in [0.5, 0.6) is 0 Å². The average molecular weight is 297 g/mol. The molecule has 0 saturated heterocycles. The monoisotopic (exact) mass is 297 g/mol. The van der Waals surface area contributed by atoms with Gasteiger partial charge in [-0.1, -0.05) is 11.2 Å². The molecule has 0 aliphatic rings. The van der Waals surface area contributed by atoms with Gasteiger partial charge >= 0.3 is 0 Å². The van der Waals surface area contributed by atoms with Gasteiger partial charge in [0.1, 0.15) is 23.5 Å². The molecular formula is C17H19N3O2. The molecule has 0 bridgehead atoms. The molecule has 3 aromatic rings. The molecule has 0 fully saturated rings. The van der Waals surface area contributed by atoms with Crippen LogP contribution < -0.4 is 0 Å². The normalized spacial score (nSPS) is 11.2. The molecule has 0 unspecified atom stereocenters. The van der Waals surface area contributed by atoms with Crippen molar-refractivity contribution in [1.82, 2.24) is 15.0 Å². The van der Waals surface area contributed by atoms with Gasteiger partial charge in [0.15, 0.2) is 0 Å². The van der Waals surface area contributed by atoms with Gasteiger partial charge in [-0.25, -0.2) is 0 Å². The first-order chi connectivity index (χ1) is 10.7. The Bertz CT molecular complexity index is 718. The standard InChI is InChI=1S/C17H19N3O2/c1-13-12-21-19-17(13)11-20(9-15-5-3-4-8-18-15)10-16-7-6-14(2)22-16/h3-8,12H,9-11H2,1-2H3. The second-order valence-electron chi connectivity index (χ2n) is 5.42. The Kier molecular flexibility index (Phi) is 4.34. The SMILES string of the molecule is Cc1ccc(CN(Cc2ccccn2)Cc2nocc2C)o1. The van der Waals surface area contributed by atoms with Crippen molar-refractivity contribution in [1.29, 1.82) is 0 Å². The summed E-state index contributed by atoms with van der Waals surface area (Å²) in [7, 11) is 0. The lowest BCUT2D eigenvalue weighted by molar-refractivity contribution is 0.216. The highest BCUT2D eigenvalue weighted by molar-refractivity contribution is 5.13. The number of furan rings is 1. The van der Waals surface area contributed by atoms with Gasteiger partial charge in [0.25, 0.3) is 0 Å². The lowest BCUT2D eigenvalue weighted by Crippen LogP contribution is -2.23. The molecule has 5 nitrogen and oxygen atoms in total. The van der Waals surface area contributed by atoms with Crippen molar-refractivity contribution < 1.29 is 8.94 Å². The van der Waals surface area contributed by atoms with Crippen molar-refractivity contribution >= 4 is 0 Å². The van der Waals surface area contributed by atoms with Crippen LogP contribution in [0.3, 0.4) is 0 Å². The van der Waals surface area contributed by atoms with Crippen molar-refractivity contribution in [2.75, 3.05) is 0 Å². The molecule has 0 aromatic carbocycles. The van der Waals surface area contributed by atoms with Gasteiger partial charge in [-0.3, -0.25) is 9.88 Å². The Hall–Kier alpha value is -2.40. The molecule has 0 saturated carbocycles. The zero-order valence-electron chi connectivity index (χ0n) is 12.8. The van der Waals surface area contributed by atoms with E-state index in [1.54, 1.807) is 6.26 Å². The fourth-order valence-electron chi connectivity index (χ4n) is 2.35. The fourth-order valence-corrected chi connectivity index (χ4v) is 2.35. The third-order valence-corrected chi connectivity index (χ3v) is 3.51. The second-order valence-corrected chi connectivity index (χ2v) is 5.42. The number of hydrogen-bond acceptors (Lipinski definition) is 5. The lowest BCUT2D eigenvalue weighted by atomic mass is 10.2. The zero-order chi connectivity index (χ0) is 15.4. The van der Waals surface area contributed by atoms with E-state index < -0.39 is 0 Å². The molecular weight excluding hydrogens is 278 g/mol. The Labute approximate surface area is 129 Å². The zero-order valence-corrected chi connectivity index (χ0v) is 12.8. The van der Waals surface area contributed by atoms with Crippen LogP contribution in [0.2, 0.25) is 0 Å². The third kappa shape index (κ3) is 3.62. The minimum absolute atomic E-state index is 0.693. The van der Waals surface area contributed by atoms with E-state index in [4.69, 9.17) is 8.94 Å². The van der Waals surface area contributed by atoms with Gasteiger partial charge in [0.05, 0.1) is 12.2 Å². The summed E-state index contributed by atoms with van der Waals surface area (Å²) in [5.41, 5.74) is 3.02. The number of aryl methyl sites for hydroxylation is 2. The van der Waals surface area contributed by atoms with Crippen molar-refractivity contribution in [3.05, 3.63) is 71.3 Å². The molecule has 0 N–H and O–H groups in total. The van der Waals surface area contributed by atoms with Gasteiger partial charge in [-0.15, -0.1) is 0 Å². The van der Waals surface area contributed by atoms with E-state index in [1.807, 2.05) is 50.4 Å². The van der Waals surface area contributed by atoms with E-state index in [1.165, 1.54) is 0 Å². The molecule has 3 heterocycles. The van der Waals surface area contributed by atoms with Crippen LogP contribution in [0.4, 0.5) is 0 Å². The summed E-state index contributed by atoms with van der Waals surface area (Å²) >= 11 is 0. The predicted molar refractivity (Wildman–Crippen MR) is 81.9 cm³/mol. The van der Waals surface area contributed by atoms with Gasteiger partial charge in [-0.2, -0.15) is 0 Å². The first-order valence-electron chi connectivity index (χ1n) is 7.28.